The van der Waals surface area contributed by atoms with Crippen molar-refractivity contribution in [2.24, 2.45) is 0 Å². The molecule has 0 aromatic heterocycles. The van der Waals surface area contributed by atoms with Crippen LogP contribution in [0.1, 0.15) is 5.56 Å². The maximum atomic E-state index is 6.72. The highest BCUT2D eigenvalue weighted by atomic mass is 16.5. The van der Waals surface area contributed by atoms with Gasteiger partial charge in [0, 0.05) is 40.2 Å². The van der Waals surface area contributed by atoms with Crippen molar-refractivity contribution in [3.05, 3.63) is 363 Å². The molecule has 0 saturated carbocycles. The molecule has 0 amide bonds. The number of hydrogen-bond acceptors (Lipinski definition) is 7. The topological polar surface area (TPSA) is 46.6 Å². The normalized spacial score (nSPS) is 10.5. The van der Waals surface area contributed by atoms with Crippen LogP contribution in [0.4, 0.5) is 51.2 Å². The lowest BCUT2D eigenvalue weighted by molar-refractivity contribution is 0.483. The van der Waals surface area contributed by atoms with Crippen LogP contribution in [0.2, 0.25) is 0 Å². The van der Waals surface area contributed by atoms with Crippen LogP contribution in [0.3, 0.4) is 0 Å². The van der Waals surface area contributed by atoms with E-state index in [1.807, 2.05) is 164 Å². The minimum Gasteiger partial charge on any atom is -0.455 e. The first-order chi connectivity index (χ1) is 48.5. The number of rotatable bonds is 20. The molecule has 0 saturated heterocycles. The smallest absolute Gasteiger partial charge is 0.164 e. The molecular weight excluding hydrogens is 1200 g/mol. The van der Waals surface area contributed by atoms with E-state index >= 15 is 0 Å². The second-order valence-electron chi connectivity index (χ2n) is 23.0. The zero-order valence-electron chi connectivity index (χ0n) is 53.6. The van der Waals surface area contributed by atoms with Crippen LogP contribution in [0, 0.1) is 43.1 Å². The summed E-state index contributed by atoms with van der Waals surface area (Å²) in [4.78, 5) is 6.70. The molecule has 0 aliphatic carbocycles. The SMILES string of the molecule is C#CC#CC#COc1ccccc1N(c1ccc(-c2cc(-c3ccc(N(c4ccccc4C)c4ccccc4Oc4ccccc4)cc3)cc(-c3ccc(N(c4ccccc4Oc4ccccc4)c4ccccc4-c4ccccc4)cc3)c2)cc1)c1ccccc1Oc1ccccc1. The molecule has 0 aliphatic rings. The van der Waals surface area contributed by atoms with Crippen LogP contribution in [-0.4, -0.2) is 0 Å². The molecule has 466 valence electrons. The van der Waals surface area contributed by atoms with Crippen molar-refractivity contribution >= 4 is 51.2 Å². The van der Waals surface area contributed by atoms with E-state index in [1.165, 1.54) is 0 Å². The highest BCUT2D eigenvalue weighted by Gasteiger charge is 2.25. The Morgan fingerprint density at radius 2 is 0.571 bits per heavy atom. The predicted octanol–water partition coefficient (Wildman–Crippen LogP) is 24.4. The zero-order chi connectivity index (χ0) is 66.2. The van der Waals surface area contributed by atoms with Gasteiger partial charge in [0.2, 0.25) is 0 Å². The van der Waals surface area contributed by atoms with E-state index in [1.54, 1.807) is 0 Å². The molecule has 7 nitrogen and oxygen atoms in total. The van der Waals surface area contributed by atoms with E-state index in [9.17, 15) is 0 Å². The number of aryl methyl sites for hydroxylation is 1. The fraction of sp³-hybridized carbons (Fsp3) is 0.0110. The first-order valence-corrected chi connectivity index (χ1v) is 32.2. The Labute approximate surface area is 572 Å². The van der Waals surface area contributed by atoms with Crippen LogP contribution in [-0.2, 0) is 0 Å². The van der Waals surface area contributed by atoms with Crippen LogP contribution >= 0.6 is 0 Å². The van der Waals surface area contributed by atoms with Gasteiger partial charge >= 0.3 is 0 Å². The van der Waals surface area contributed by atoms with Crippen molar-refractivity contribution in [1.82, 2.24) is 0 Å². The molecule has 98 heavy (non-hydrogen) atoms. The highest BCUT2D eigenvalue weighted by molar-refractivity contribution is 5.92. The molecule has 0 spiro atoms. The van der Waals surface area contributed by atoms with E-state index in [0.717, 1.165) is 119 Å². The zero-order valence-corrected chi connectivity index (χ0v) is 53.6. The van der Waals surface area contributed by atoms with E-state index in [0.29, 0.717) is 23.0 Å². The summed E-state index contributed by atoms with van der Waals surface area (Å²) in [5.74, 6) is 15.0. The van der Waals surface area contributed by atoms with Gasteiger partial charge in [-0.15, -0.1) is 6.42 Å². The molecular formula is C91H63N3O4. The second-order valence-corrected chi connectivity index (χ2v) is 23.0. The molecule has 0 unspecified atom stereocenters. The Morgan fingerprint density at radius 3 is 0.980 bits per heavy atom. The molecule has 0 heterocycles. The average Bonchev–Trinajstić information content (AvgIpc) is 0.791. The minimum atomic E-state index is 0.510. The van der Waals surface area contributed by atoms with Gasteiger partial charge in [-0.05, 0) is 215 Å². The van der Waals surface area contributed by atoms with E-state index in [-0.39, 0.29) is 0 Å². The molecule has 0 bridgehead atoms. The van der Waals surface area contributed by atoms with Crippen molar-refractivity contribution < 1.29 is 18.9 Å². The number of para-hydroxylation sites is 13. The Balaban J connectivity index is 0.897. The average molecular weight is 1260 g/mol. The molecule has 14 aromatic rings. The third-order valence-electron chi connectivity index (χ3n) is 16.6. The number of anilines is 9. The van der Waals surface area contributed by atoms with Crippen molar-refractivity contribution in [1.29, 1.82) is 0 Å². The Kier molecular flexibility index (Phi) is 18.6. The lowest BCUT2D eigenvalue weighted by atomic mass is 9.93. The fourth-order valence-corrected chi connectivity index (χ4v) is 12.0. The predicted molar refractivity (Wildman–Crippen MR) is 402 cm³/mol. The lowest BCUT2D eigenvalue weighted by Gasteiger charge is -2.29. The van der Waals surface area contributed by atoms with E-state index < -0.39 is 0 Å². The largest absolute Gasteiger partial charge is 0.455 e. The van der Waals surface area contributed by atoms with Crippen LogP contribution < -0.4 is 33.6 Å². The molecule has 0 atom stereocenters. The van der Waals surface area contributed by atoms with Gasteiger partial charge in [-0.3, -0.25) is 0 Å². The second kappa shape index (κ2) is 29.5. The number of nitrogens with zero attached hydrogens (tertiary/aromatic N) is 3. The fourth-order valence-electron chi connectivity index (χ4n) is 12.0. The third-order valence-corrected chi connectivity index (χ3v) is 16.6. The standard InChI is InChI=1S/C91H63N3O4/c1-3-4-5-30-63-95-88-47-26-22-43-84(88)94(87-46-25-29-50-91(87)98-80-38-16-9-17-39-80)77-61-55-70(56-62-77)74-65-72(68-51-57-75(58-52-68)92(82-41-20-18-31-67(82)2)85-44-23-27-48-89(85)96-78-34-12-7-13-35-78)64-73(66-74)69-53-59-76(60-54-69)93(83-42-21-19-40-81(83)71-32-10-6-11-33-71)86-45-24-28-49-90(86)97-79-36-14-8-15-37-79/h1,6-29,31-62,64-66H,2H3. The summed E-state index contributed by atoms with van der Waals surface area (Å²) in [6.07, 6.45) is 8.14. The molecule has 14 rings (SSSR count). The van der Waals surface area contributed by atoms with Crippen molar-refractivity contribution in [2.75, 3.05) is 14.7 Å². The lowest BCUT2D eigenvalue weighted by Crippen LogP contribution is -2.12. The molecule has 0 fully saturated rings. The van der Waals surface area contributed by atoms with Gasteiger partial charge in [-0.25, -0.2) is 0 Å². The van der Waals surface area contributed by atoms with Gasteiger partial charge in [0.25, 0.3) is 0 Å². The molecule has 0 N–H and O–H groups in total. The summed E-state index contributed by atoms with van der Waals surface area (Å²) in [6, 6.07) is 122. The number of hydrogen-bond donors (Lipinski definition) is 0. The van der Waals surface area contributed by atoms with E-state index in [4.69, 9.17) is 25.4 Å². The summed E-state index contributed by atoms with van der Waals surface area (Å²) in [6.45, 7) is 2.14. The van der Waals surface area contributed by atoms with Crippen molar-refractivity contribution in [2.45, 2.75) is 6.92 Å². The van der Waals surface area contributed by atoms with Crippen molar-refractivity contribution in [3.63, 3.8) is 0 Å². The van der Waals surface area contributed by atoms with Crippen LogP contribution in [0.25, 0.3) is 44.5 Å². The molecule has 14 aromatic carbocycles. The van der Waals surface area contributed by atoms with Gasteiger partial charge in [0.05, 0.1) is 28.4 Å². The first-order valence-electron chi connectivity index (χ1n) is 32.2. The van der Waals surface area contributed by atoms with Crippen molar-refractivity contribution in [3.8, 4) is 121 Å². The summed E-state index contributed by atoms with van der Waals surface area (Å²) in [5.41, 5.74) is 17.6. The summed E-state index contributed by atoms with van der Waals surface area (Å²) >= 11 is 0. The highest BCUT2D eigenvalue weighted by Crippen LogP contribution is 2.49. The van der Waals surface area contributed by atoms with Gasteiger partial charge < -0.3 is 33.6 Å². The third kappa shape index (κ3) is 14.0. The van der Waals surface area contributed by atoms with Gasteiger partial charge in [0.15, 0.2) is 23.0 Å². The maximum Gasteiger partial charge on any atom is 0.164 e. The molecule has 0 aliphatic heterocycles. The minimum absolute atomic E-state index is 0.510. The Morgan fingerprint density at radius 1 is 0.255 bits per heavy atom. The number of ether oxygens (including phenoxy) is 4. The number of terminal acetylenes is 1. The Bertz CT molecular complexity index is 5250. The van der Waals surface area contributed by atoms with Crippen LogP contribution in [0.15, 0.2) is 358 Å². The summed E-state index contributed by atoms with van der Waals surface area (Å²) < 4.78 is 26.2. The quantitative estimate of drug-likeness (QED) is 0.0705. The Hall–Kier alpha value is -13.6. The molecule has 0 radical (unpaired) electrons. The monoisotopic (exact) mass is 1260 g/mol. The summed E-state index contributed by atoms with van der Waals surface area (Å²) in [5, 5.41) is 0. The van der Waals surface area contributed by atoms with Gasteiger partial charge in [-0.2, -0.15) is 0 Å². The first kappa shape index (κ1) is 61.8. The summed E-state index contributed by atoms with van der Waals surface area (Å²) in [7, 11) is 0. The maximum absolute atomic E-state index is 6.72. The van der Waals surface area contributed by atoms with Gasteiger partial charge in [-0.1, -0.05) is 206 Å². The number of benzene rings is 14. The van der Waals surface area contributed by atoms with E-state index in [2.05, 4.69) is 246 Å². The molecule has 7 heteroatoms. The van der Waals surface area contributed by atoms with Crippen LogP contribution in [0.5, 0.6) is 40.2 Å². The van der Waals surface area contributed by atoms with Gasteiger partial charge in [0.1, 0.15) is 23.4 Å².